The van der Waals surface area contributed by atoms with Crippen molar-refractivity contribution in [2.24, 2.45) is 0 Å². The Balaban J connectivity index is 3.17. The molecule has 1 heterocycles. The summed E-state index contributed by atoms with van der Waals surface area (Å²) in [6, 6.07) is 0. The first kappa shape index (κ1) is 18.8. The molecule has 0 amide bonds. The van der Waals surface area contributed by atoms with E-state index >= 15 is 0 Å². The fraction of sp³-hybridized carbons (Fsp3) is 0.789. The molecule has 0 nitrogen and oxygen atoms in total. The molecule has 1 rings (SSSR count). The van der Waals surface area contributed by atoms with Crippen molar-refractivity contribution in [1.82, 2.24) is 0 Å². The van der Waals surface area contributed by atoms with Crippen LogP contribution in [0.1, 0.15) is 79.6 Å². The van der Waals surface area contributed by atoms with Gasteiger partial charge in [0, 0.05) is 0 Å². The van der Waals surface area contributed by atoms with Gasteiger partial charge in [0.1, 0.15) is 8.80 Å². The molecule has 0 atom stereocenters. The minimum Gasteiger partial charge on any atom is -0.0828 e. The van der Waals surface area contributed by atoms with Crippen molar-refractivity contribution in [2.45, 2.75) is 98.8 Å². The Morgan fingerprint density at radius 3 is 1.76 bits per heavy atom. The van der Waals surface area contributed by atoms with E-state index in [9.17, 15) is 0 Å². The maximum absolute atomic E-state index is 2.59. The van der Waals surface area contributed by atoms with Gasteiger partial charge in [-0.25, -0.2) is 0 Å². The summed E-state index contributed by atoms with van der Waals surface area (Å²) in [7, 11) is -0.392. The third kappa shape index (κ3) is 4.37. The first-order valence-corrected chi connectivity index (χ1v) is 11.5. The minimum absolute atomic E-state index is 0.392. The van der Waals surface area contributed by atoms with Crippen LogP contribution >= 0.6 is 0 Å². The fourth-order valence-corrected chi connectivity index (χ4v) is 6.91. The van der Waals surface area contributed by atoms with Gasteiger partial charge in [0.05, 0.1) is 0 Å². The van der Waals surface area contributed by atoms with Crippen LogP contribution in [0, 0.1) is 0 Å². The second-order valence-electron chi connectivity index (χ2n) is 6.55. The van der Waals surface area contributed by atoms with Gasteiger partial charge in [0.2, 0.25) is 0 Å². The van der Waals surface area contributed by atoms with Crippen molar-refractivity contribution in [2.75, 3.05) is 0 Å². The van der Waals surface area contributed by atoms with Crippen LogP contribution in [-0.4, -0.2) is 15.5 Å². The van der Waals surface area contributed by atoms with Gasteiger partial charge in [0.25, 0.3) is 0 Å². The normalized spacial score (nSPS) is 16.3. The summed E-state index contributed by atoms with van der Waals surface area (Å²) >= 11 is 0. The van der Waals surface area contributed by atoms with Crippen molar-refractivity contribution in [3.05, 3.63) is 21.4 Å². The highest BCUT2D eigenvalue weighted by Gasteiger charge is 2.33. The quantitative estimate of drug-likeness (QED) is 0.396. The number of rotatable bonds is 10. The molecule has 0 aromatic carbocycles. The van der Waals surface area contributed by atoms with E-state index in [4.69, 9.17) is 0 Å². The van der Waals surface area contributed by atoms with E-state index in [1.54, 1.807) is 5.57 Å². The molecular formula is C19H36BSi. The zero-order valence-corrected chi connectivity index (χ0v) is 16.4. The summed E-state index contributed by atoms with van der Waals surface area (Å²) in [6.07, 6.45) is 12.1. The molecule has 1 aliphatic heterocycles. The van der Waals surface area contributed by atoms with E-state index in [1.807, 2.05) is 15.9 Å². The van der Waals surface area contributed by atoms with Crippen LogP contribution < -0.4 is 0 Å². The first-order valence-electron chi connectivity index (χ1n) is 9.45. The van der Waals surface area contributed by atoms with Crippen LogP contribution in [0.25, 0.3) is 0 Å². The molecule has 0 saturated carbocycles. The smallest absolute Gasteiger partial charge is 0.0828 e. The number of hydrogen-bond donors (Lipinski definition) is 0. The maximum Gasteiger partial charge on any atom is 0.175 e. The van der Waals surface area contributed by atoms with E-state index in [0.29, 0.717) is 0 Å². The van der Waals surface area contributed by atoms with Crippen LogP contribution in [0.4, 0.5) is 0 Å². The monoisotopic (exact) mass is 303 g/mol. The summed E-state index contributed by atoms with van der Waals surface area (Å²) in [6.45, 7) is 15.2. The molecule has 21 heavy (non-hydrogen) atoms. The van der Waals surface area contributed by atoms with Gasteiger partial charge < -0.3 is 0 Å². The Kier molecular flexibility index (Phi) is 8.70. The highest BCUT2D eigenvalue weighted by molar-refractivity contribution is 6.80. The van der Waals surface area contributed by atoms with Crippen LogP contribution in [-0.2, 0) is 0 Å². The van der Waals surface area contributed by atoms with Gasteiger partial charge in [0.15, 0.2) is 6.71 Å². The molecule has 0 spiro atoms. The molecule has 0 N–H and O–H groups in total. The molecule has 0 fully saturated rings. The van der Waals surface area contributed by atoms with Crippen LogP contribution in [0.15, 0.2) is 21.4 Å². The maximum atomic E-state index is 2.59. The Morgan fingerprint density at radius 1 is 0.810 bits per heavy atom. The molecule has 119 valence electrons. The van der Waals surface area contributed by atoms with Crippen molar-refractivity contribution >= 4 is 15.5 Å². The zero-order valence-electron chi connectivity index (χ0n) is 15.4. The van der Waals surface area contributed by atoms with Crippen LogP contribution in [0.5, 0.6) is 0 Å². The van der Waals surface area contributed by atoms with E-state index < -0.39 is 8.80 Å². The standard InChI is InChI=1S/C19H36BSi/c1-7-12-14-17-16(9-3)19(20(10-4)11-5)18(21(17)6)15-13-8-2/h7-15H2,1-6H3. The molecule has 0 saturated heterocycles. The lowest BCUT2D eigenvalue weighted by molar-refractivity contribution is 0.797. The Morgan fingerprint density at radius 2 is 1.33 bits per heavy atom. The lowest BCUT2D eigenvalue weighted by Crippen LogP contribution is -2.18. The van der Waals surface area contributed by atoms with Gasteiger partial charge in [-0.15, -0.1) is 0 Å². The van der Waals surface area contributed by atoms with E-state index in [-0.39, 0.29) is 0 Å². The molecule has 0 aromatic rings. The average molecular weight is 303 g/mol. The topological polar surface area (TPSA) is 0 Å². The van der Waals surface area contributed by atoms with Gasteiger partial charge in [-0.05, 0) is 19.3 Å². The molecule has 0 aliphatic carbocycles. The number of hydrogen-bond acceptors (Lipinski definition) is 0. The van der Waals surface area contributed by atoms with Crippen molar-refractivity contribution in [3.63, 3.8) is 0 Å². The predicted molar refractivity (Wildman–Crippen MR) is 102 cm³/mol. The fourth-order valence-electron chi connectivity index (χ4n) is 3.92. The van der Waals surface area contributed by atoms with Crippen molar-refractivity contribution in [3.8, 4) is 0 Å². The third-order valence-electron chi connectivity index (χ3n) is 5.23. The summed E-state index contributed by atoms with van der Waals surface area (Å²) in [5, 5.41) is 3.82. The van der Waals surface area contributed by atoms with Crippen molar-refractivity contribution < 1.29 is 0 Å². The van der Waals surface area contributed by atoms with Gasteiger partial charge >= 0.3 is 0 Å². The van der Waals surface area contributed by atoms with Crippen LogP contribution in [0.2, 0.25) is 19.2 Å². The summed E-state index contributed by atoms with van der Waals surface area (Å²) in [5.41, 5.74) is 3.65. The zero-order chi connectivity index (χ0) is 15.8. The first-order chi connectivity index (χ1) is 10.2. The number of allylic oxidation sites excluding steroid dienone is 4. The van der Waals surface area contributed by atoms with E-state index in [1.165, 1.54) is 57.6 Å². The third-order valence-corrected chi connectivity index (χ3v) is 8.11. The van der Waals surface area contributed by atoms with Crippen LogP contribution in [0.3, 0.4) is 0 Å². The molecule has 0 unspecified atom stereocenters. The minimum atomic E-state index is -0.392. The summed E-state index contributed by atoms with van der Waals surface area (Å²) in [4.78, 5) is 0. The molecule has 1 radical (unpaired) electrons. The molecular weight excluding hydrogens is 267 g/mol. The Labute approximate surface area is 136 Å². The van der Waals surface area contributed by atoms with E-state index in [0.717, 1.165) is 6.71 Å². The lowest BCUT2D eigenvalue weighted by atomic mass is 9.39. The predicted octanol–water partition coefficient (Wildman–Crippen LogP) is 6.66. The lowest BCUT2D eigenvalue weighted by Gasteiger charge is -2.18. The number of unbranched alkanes of at least 4 members (excludes halogenated alkanes) is 2. The SMILES string of the molecule is CCCCC1=C(CC)C(B(CC)CC)=C(CCCC)[Si]1C. The van der Waals surface area contributed by atoms with Gasteiger partial charge in [-0.1, -0.05) is 101 Å². The summed E-state index contributed by atoms with van der Waals surface area (Å²) in [5.74, 6) is 0. The largest absolute Gasteiger partial charge is 0.175 e. The molecule has 0 aromatic heterocycles. The second-order valence-corrected chi connectivity index (χ2v) is 9.01. The van der Waals surface area contributed by atoms with Crippen molar-refractivity contribution in [1.29, 1.82) is 0 Å². The highest BCUT2D eigenvalue weighted by Crippen LogP contribution is 2.40. The Hall–Kier alpha value is -0.238. The molecule has 2 heteroatoms. The Bertz CT molecular complexity index is 377. The van der Waals surface area contributed by atoms with Gasteiger partial charge in [-0.2, -0.15) is 0 Å². The second kappa shape index (κ2) is 9.71. The highest BCUT2D eigenvalue weighted by atomic mass is 28.3. The van der Waals surface area contributed by atoms with Gasteiger partial charge in [-0.3, -0.25) is 0 Å². The summed E-state index contributed by atoms with van der Waals surface area (Å²) < 4.78 is 0. The van der Waals surface area contributed by atoms with E-state index in [2.05, 4.69) is 41.2 Å². The molecule has 1 aliphatic rings. The molecule has 0 bridgehead atoms. The average Bonchev–Trinajstić information content (AvgIpc) is 2.76.